The van der Waals surface area contributed by atoms with Crippen molar-refractivity contribution in [2.45, 2.75) is 45.4 Å². The molecule has 2 heteroatoms. The lowest BCUT2D eigenvalue weighted by molar-refractivity contribution is 0.667. The SMILES string of the molecule is CC(C)c1nc2c([nH]1)CCCC2.[HH]. The summed E-state index contributed by atoms with van der Waals surface area (Å²) in [5, 5.41) is 0. The zero-order chi connectivity index (χ0) is 8.55. The predicted octanol–water partition coefficient (Wildman–Crippen LogP) is 2.66. The number of aryl methyl sites for hydroxylation is 2. The quantitative estimate of drug-likeness (QED) is 0.682. The Hall–Kier alpha value is -0.790. The second-order valence-electron chi connectivity index (χ2n) is 3.91. The highest BCUT2D eigenvalue weighted by molar-refractivity contribution is 5.18. The molecule has 1 aromatic rings. The molecule has 12 heavy (non-hydrogen) atoms. The maximum Gasteiger partial charge on any atom is 0.109 e. The zero-order valence-corrected chi connectivity index (χ0v) is 7.85. The number of rotatable bonds is 1. The highest BCUT2D eigenvalue weighted by Gasteiger charge is 2.15. The fourth-order valence-electron chi connectivity index (χ4n) is 1.75. The number of imidazole rings is 1. The summed E-state index contributed by atoms with van der Waals surface area (Å²) < 4.78 is 0. The number of hydrogen-bond donors (Lipinski definition) is 1. The van der Waals surface area contributed by atoms with Gasteiger partial charge in [0.1, 0.15) is 5.82 Å². The van der Waals surface area contributed by atoms with Crippen molar-refractivity contribution in [3.05, 3.63) is 17.2 Å². The maximum atomic E-state index is 4.59. The van der Waals surface area contributed by atoms with E-state index in [0.29, 0.717) is 5.92 Å². The number of nitrogens with one attached hydrogen (secondary N) is 1. The topological polar surface area (TPSA) is 28.7 Å². The third-order valence-corrected chi connectivity index (χ3v) is 2.52. The van der Waals surface area contributed by atoms with Crippen molar-refractivity contribution in [1.29, 1.82) is 0 Å². The Kier molecular flexibility index (Phi) is 1.91. The summed E-state index contributed by atoms with van der Waals surface area (Å²) in [6, 6.07) is 0. The molecule has 0 atom stereocenters. The molecule has 0 fully saturated rings. The van der Waals surface area contributed by atoms with Crippen LogP contribution in [0.3, 0.4) is 0 Å². The van der Waals surface area contributed by atoms with E-state index in [1.165, 1.54) is 42.9 Å². The summed E-state index contributed by atoms with van der Waals surface area (Å²) in [7, 11) is 0. The molecule has 2 nitrogen and oxygen atoms in total. The van der Waals surface area contributed by atoms with E-state index in [9.17, 15) is 0 Å². The summed E-state index contributed by atoms with van der Waals surface area (Å²) >= 11 is 0. The average Bonchev–Trinajstić information content (AvgIpc) is 2.46. The van der Waals surface area contributed by atoms with Crippen molar-refractivity contribution in [2.75, 3.05) is 0 Å². The van der Waals surface area contributed by atoms with Crippen molar-refractivity contribution in [3.63, 3.8) is 0 Å². The number of hydrogen-bond acceptors (Lipinski definition) is 1. The van der Waals surface area contributed by atoms with Crippen LogP contribution in [0.25, 0.3) is 0 Å². The van der Waals surface area contributed by atoms with Gasteiger partial charge in [-0.15, -0.1) is 0 Å². The van der Waals surface area contributed by atoms with Gasteiger partial charge in [0.2, 0.25) is 0 Å². The lowest BCUT2D eigenvalue weighted by Crippen LogP contribution is -2.00. The molecule has 0 aromatic carbocycles. The van der Waals surface area contributed by atoms with Crippen LogP contribution in [-0.4, -0.2) is 9.97 Å². The fourth-order valence-corrected chi connectivity index (χ4v) is 1.75. The molecule has 2 rings (SSSR count). The molecule has 0 radical (unpaired) electrons. The molecule has 0 spiro atoms. The van der Waals surface area contributed by atoms with Crippen LogP contribution in [0, 0.1) is 0 Å². The number of fused-ring (bicyclic) bond motifs is 1. The van der Waals surface area contributed by atoms with Gasteiger partial charge in [0.15, 0.2) is 0 Å². The van der Waals surface area contributed by atoms with Crippen LogP contribution >= 0.6 is 0 Å². The van der Waals surface area contributed by atoms with E-state index in [4.69, 9.17) is 0 Å². The Bertz CT molecular complexity index is 255. The van der Waals surface area contributed by atoms with E-state index in [0.717, 1.165) is 0 Å². The minimum atomic E-state index is 0. The summed E-state index contributed by atoms with van der Waals surface area (Å²) in [5.74, 6) is 1.71. The van der Waals surface area contributed by atoms with Crippen LogP contribution in [0.5, 0.6) is 0 Å². The van der Waals surface area contributed by atoms with E-state index < -0.39 is 0 Å². The van der Waals surface area contributed by atoms with Gasteiger partial charge in [-0.25, -0.2) is 4.98 Å². The molecule has 0 aliphatic heterocycles. The van der Waals surface area contributed by atoms with Crippen molar-refractivity contribution < 1.29 is 1.43 Å². The summed E-state index contributed by atoms with van der Waals surface area (Å²) in [6.07, 6.45) is 5.02. The average molecular weight is 166 g/mol. The normalized spacial score (nSPS) is 16.6. The van der Waals surface area contributed by atoms with E-state index in [1.54, 1.807) is 0 Å². The van der Waals surface area contributed by atoms with Crippen LogP contribution in [0.4, 0.5) is 0 Å². The van der Waals surface area contributed by atoms with Gasteiger partial charge in [0.25, 0.3) is 0 Å². The van der Waals surface area contributed by atoms with Gasteiger partial charge in [-0.3, -0.25) is 0 Å². The molecule has 0 saturated heterocycles. The van der Waals surface area contributed by atoms with Crippen molar-refractivity contribution in [2.24, 2.45) is 0 Å². The number of aromatic amines is 1. The third kappa shape index (κ3) is 1.26. The molecule has 0 saturated carbocycles. The minimum Gasteiger partial charge on any atom is -0.345 e. The molecule has 68 valence electrons. The Morgan fingerprint density at radius 2 is 2.08 bits per heavy atom. The van der Waals surface area contributed by atoms with Gasteiger partial charge in [0.05, 0.1) is 5.69 Å². The van der Waals surface area contributed by atoms with Crippen LogP contribution in [-0.2, 0) is 12.8 Å². The Morgan fingerprint density at radius 1 is 1.33 bits per heavy atom. The molecular formula is C10H18N2. The van der Waals surface area contributed by atoms with Crippen molar-refractivity contribution in [1.82, 2.24) is 9.97 Å². The number of aromatic nitrogens is 2. The Morgan fingerprint density at radius 3 is 2.75 bits per heavy atom. The van der Waals surface area contributed by atoms with Gasteiger partial charge in [-0.1, -0.05) is 13.8 Å². The van der Waals surface area contributed by atoms with E-state index in [2.05, 4.69) is 23.8 Å². The Balaban J connectivity index is 0.000000845. The highest BCUT2D eigenvalue weighted by Crippen LogP contribution is 2.21. The predicted molar refractivity (Wildman–Crippen MR) is 51.4 cm³/mol. The van der Waals surface area contributed by atoms with Gasteiger partial charge in [0, 0.05) is 13.0 Å². The molecule has 0 amide bonds. The molecule has 1 aliphatic rings. The third-order valence-electron chi connectivity index (χ3n) is 2.52. The monoisotopic (exact) mass is 166 g/mol. The lowest BCUT2D eigenvalue weighted by atomic mass is 10.0. The smallest absolute Gasteiger partial charge is 0.109 e. The fraction of sp³-hybridized carbons (Fsp3) is 0.700. The second kappa shape index (κ2) is 2.92. The van der Waals surface area contributed by atoms with Gasteiger partial charge >= 0.3 is 0 Å². The first-order valence-electron chi connectivity index (χ1n) is 4.85. The number of nitrogens with zero attached hydrogens (tertiary/aromatic N) is 1. The summed E-state index contributed by atoms with van der Waals surface area (Å²) in [5.41, 5.74) is 2.72. The maximum absolute atomic E-state index is 4.59. The highest BCUT2D eigenvalue weighted by atomic mass is 14.9. The van der Waals surface area contributed by atoms with Crippen molar-refractivity contribution in [3.8, 4) is 0 Å². The molecule has 1 aliphatic carbocycles. The lowest BCUT2D eigenvalue weighted by Gasteiger charge is -2.07. The number of H-pyrrole nitrogens is 1. The first-order valence-corrected chi connectivity index (χ1v) is 4.85. The molecule has 1 aromatic heterocycles. The van der Waals surface area contributed by atoms with Crippen molar-refractivity contribution >= 4 is 0 Å². The van der Waals surface area contributed by atoms with Gasteiger partial charge < -0.3 is 4.98 Å². The molecule has 0 bridgehead atoms. The van der Waals surface area contributed by atoms with Crippen LogP contribution < -0.4 is 0 Å². The first kappa shape index (κ1) is 7.84. The minimum absolute atomic E-state index is 0. The van der Waals surface area contributed by atoms with Crippen LogP contribution in [0.15, 0.2) is 0 Å². The van der Waals surface area contributed by atoms with Crippen LogP contribution in [0.1, 0.15) is 51.2 Å². The van der Waals surface area contributed by atoms with E-state index >= 15 is 0 Å². The largest absolute Gasteiger partial charge is 0.345 e. The molecule has 1 N–H and O–H groups in total. The van der Waals surface area contributed by atoms with E-state index in [1.807, 2.05) is 0 Å². The molecule has 1 heterocycles. The standard InChI is InChI=1S/C10H16N2.H2/c1-7(2)10-11-8-5-3-4-6-9(8)12-10;/h7H,3-6H2,1-2H3,(H,11,12);1H. The summed E-state index contributed by atoms with van der Waals surface area (Å²) in [6.45, 7) is 4.37. The zero-order valence-electron chi connectivity index (χ0n) is 7.85. The second-order valence-corrected chi connectivity index (χ2v) is 3.91. The van der Waals surface area contributed by atoms with Gasteiger partial charge in [-0.2, -0.15) is 0 Å². The van der Waals surface area contributed by atoms with E-state index in [-0.39, 0.29) is 1.43 Å². The molecular weight excluding hydrogens is 148 g/mol. The molecule has 0 unspecified atom stereocenters. The summed E-state index contributed by atoms with van der Waals surface area (Å²) in [4.78, 5) is 8.02. The van der Waals surface area contributed by atoms with Gasteiger partial charge in [-0.05, 0) is 25.7 Å². The van der Waals surface area contributed by atoms with Crippen LogP contribution in [0.2, 0.25) is 0 Å². The first-order chi connectivity index (χ1) is 5.77. The Labute approximate surface area is 74.9 Å².